The second-order valence-corrected chi connectivity index (χ2v) is 6.87. The van der Waals surface area contributed by atoms with Crippen molar-refractivity contribution in [1.82, 2.24) is 20.4 Å². The molecule has 2 N–H and O–H groups in total. The van der Waals surface area contributed by atoms with Gasteiger partial charge < -0.3 is 15.3 Å². The van der Waals surface area contributed by atoms with E-state index in [9.17, 15) is 9.90 Å². The average molecular weight is 332 g/mol. The molecule has 2 aromatic rings. The Morgan fingerprint density at radius 3 is 2.83 bits per heavy atom. The van der Waals surface area contributed by atoms with Crippen LogP contribution in [0.5, 0.6) is 0 Å². The fraction of sp³-hybridized carbons (Fsp3) is 0.438. The lowest BCUT2D eigenvalue weighted by atomic mass is 10.2. The summed E-state index contributed by atoms with van der Waals surface area (Å²) >= 11 is 1.46. The van der Waals surface area contributed by atoms with Gasteiger partial charge in [0, 0.05) is 19.2 Å². The monoisotopic (exact) mass is 332 g/mol. The van der Waals surface area contributed by atoms with Crippen LogP contribution < -0.4 is 5.32 Å². The first-order valence-electron chi connectivity index (χ1n) is 7.68. The quantitative estimate of drug-likeness (QED) is 0.849. The molecule has 1 fully saturated rings. The first kappa shape index (κ1) is 15.9. The lowest BCUT2D eigenvalue weighted by Gasteiger charge is -2.20. The van der Waals surface area contributed by atoms with Gasteiger partial charge in [0.25, 0.3) is 0 Å². The van der Waals surface area contributed by atoms with E-state index in [0.29, 0.717) is 19.0 Å². The highest BCUT2D eigenvalue weighted by Gasteiger charge is 2.31. The lowest BCUT2D eigenvalue weighted by molar-refractivity contribution is 0.113. The number of benzene rings is 1. The molecule has 7 heteroatoms. The second kappa shape index (κ2) is 7.06. The standard InChI is InChI=1S/C16H20N4O2S/c1-20(10-13(21)11-7-8-11)16(22)17-9-14-18-19-15(23-14)12-5-3-2-4-6-12/h2-6,11,13,21H,7-10H2,1H3,(H,17,22). The zero-order chi connectivity index (χ0) is 16.2. The third kappa shape index (κ3) is 4.27. The summed E-state index contributed by atoms with van der Waals surface area (Å²) in [4.78, 5) is 13.5. The van der Waals surface area contributed by atoms with E-state index >= 15 is 0 Å². The van der Waals surface area contributed by atoms with Crippen LogP contribution in [0.4, 0.5) is 4.79 Å². The van der Waals surface area contributed by atoms with Crippen LogP contribution in [0.2, 0.25) is 0 Å². The van der Waals surface area contributed by atoms with Crippen LogP contribution in [0, 0.1) is 5.92 Å². The van der Waals surface area contributed by atoms with Crippen molar-refractivity contribution < 1.29 is 9.90 Å². The molecule has 3 rings (SSSR count). The van der Waals surface area contributed by atoms with Crippen LogP contribution in [-0.4, -0.2) is 45.9 Å². The van der Waals surface area contributed by atoms with Crippen molar-refractivity contribution in [3.8, 4) is 10.6 Å². The Balaban J connectivity index is 1.50. The summed E-state index contributed by atoms with van der Waals surface area (Å²) in [6.45, 7) is 0.703. The molecule has 2 amide bonds. The highest BCUT2D eigenvalue weighted by atomic mass is 32.1. The molecule has 1 heterocycles. The molecule has 0 saturated heterocycles. The first-order valence-corrected chi connectivity index (χ1v) is 8.50. The summed E-state index contributed by atoms with van der Waals surface area (Å²) in [5, 5.41) is 22.6. The summed E-state index contributed by atoms with van der Waals surface area (Å²) in [5.74, 6) is 0.363. The predicted molar refractivity (Wildman–Crippen MR) is 88.9 cm³/mol. The zero-order valence-electron chi connectivity index (χ0n) is 13.0. The largest absolute Gasteiger partial charge is 0.391 e. The fourth-order valence-corrected chi connectivity index (χ4v) is 3.09. The molecule has 122 valence electrons. The van der Waals surface area contributed by atoms with Crippen molar-refractivity contribution >= 4 is 17.4 Å². The molecular weight excluding hydrogens is 312 g/mol. The Kier molecular flexibility index (Phi) is 4.88. The molecule has 0 radical (unpaired) electrons. The molecule has 0 aliphatic heterocycles. The van der Waals surface area contributed by atoms with Crippen molar-refractivity contribution in [2.75, 3.05) is 13.6 Å². The number of amides is 2. The normalized spacial score (nSPS) is 15.2. The van der Waals surface area contributed by atoms with Crippen LogP contribution in [0.1, 0.15) is 17.8 Å². The van der Waals surface area contributed by atoms with Gasteiger partial charge in [-0.25, -0.2) is 4.79 Å². The third-order valence-electron chi connectivity index (χ3n) is 3.85. The number of hydrogen-bond donors (Lipinski definition) is 2. The number of aliphatic hydroxyl groups is 1. The van der Waals surface area contributed by atoms with Crippen molar-refractivity contribution in [3.05, 3.63) is 35.3 Å². The Morgan fingerprint density at radius 2 is 2.13 bits per heavy atom. The molecule has 1 aromatic heterocycles. The SMILES string of the molecule is CN(CC(O)C1CC1)C(=O)NCc1nnc(-c2ccccc2)s1. The predicted octanol–water partition coefficient (Wildman–Crippen LogP) is 2.12. The number of aliphatic hydroxyl groups excluding tert-OH is 1. The first-order chi connectivity index (χ1) is 11.1. The van der Waals surface area contributed by atoms with E-state index in [4.69, 9.17) is 0 Å². The number of urea groups is 1. The van der Waals surface area contributed by atoms with Crippen LogP contribution in [0.25, 0.3) is 10.6 Å². The summed E-state index contributed by atoms with van der Waals surface area (Å²) in [6.07, 6.45) is 1.70. The number of likely N-dealkylation sites (N-methyl/N-ethyl adjacent to an activating group) is 1. The average Bonchev–Trinajstić information content (AvgIpc) is 3.32. The van der Waals surface area contributed by atoms with E-state index in [2.05, 4.69) is 15.5 Å². The van der Waals surface area contributed by atoms with Gasteiger partial charge in [-0.05, 0) is 18.8 Å². The molecular formula is C16H20N4O2S. The van der Waals surface area contributed by atoms with Crippen LogP contribution in [-0.2, 0) is 6.54 Å². The van der Waals surface area contributed by atoms with Gasteiger partial charge in [-0.1, -0.05) is 41.7 Å². The van der Waals surface area contributed by atoms with Crippen LogP contribution >= 0.6 is 11.3 Å². The van der Waals surface area contributed by atoms with Gasteiger partial charge in [-0.15, -0.1) is 10.2 Å². The molecule has 1 aliphatic rings. The van der Waals surface area contributed by atoms with E-state index in [1.54, 1.807) is 7.05 Å². The van der Waals surface area contributed by atoms with E-state index in [1.807, 2.05) is 30.3 Å². The number of nitrogens with zero attached hydrogens (tertiary/aromatic N) is 3. The molecule has 6 nitrogen and oxygen atoms in total. The van der Waals surface area contributed by atoms with Gasteiger partial charge in [0.2, 0.25) is 0 Å². The van der Waals surface area contributed by atoms with Crippen molar-refractivity contribution in [2.45, 2.75) is 25.5 Å². The molecule has 1 aromatic carbocycles. The van der Waals surface area contributed by atoms with Gasteiger partial charge in [0.1, 0.15) is 10.0 Å². The fourth-order valence-electron chi connectivity index (χ4n) is 2.30. The topological polar surface area (TPSA) is 78.4 Å². The minimum absolute atomic E-state index is 0.207. The number of hydrogen-bond acceptors (Lipinski definition) is 5. The maximum absolute atomic E-state index is 12.0. The van der Waals surface area contributed by atoms with Crippen LogP contribution in [0.15, 0.2) is 30.3 Å². The summed E-state index contributed by atoms with van der Waals surface area (Å²) < 4.78 is 0. The van der Waals surface area contributed by atoms with Gasteiger partial charge in [-0.2, -0.15) is 0 Å². The number of rotatable bonds is 6. The third-order valence-corrected chi connectivity index (χ3v) is 4.82. The van der Waals surface area contributed by atoms with Crippen molar-refractivity contribution in [1.29, 1.82) is 0 Å². The van der Waals surface area contributed by atoms with Crippen molar-refractivity contribution in [2.24, 2.45) is 5.92 Å². The lowest BCUT2D eigenvalue weighted by Crippen LogP contribution is -2.41. The molecule has 23 heavy (non-hydrogen) atoms. The highest BCUT2D eigenvalue weighted by molar-refractivity contribution is 7.14. The Morgan fingerprint density at radius 1 is 1.39 bits per heavy atom. The van der Waals surface area contributed by atoms with E-state index in [0.717, 1.165) is 28.4 Å². The van der Waals surface area contributed by atoms with Gasteiger partial charge >= 0.3 is 6.03 Å². The van der Waals surface area contributed by atoms with E-state index in [1.165, 1.54) is 16.2 Å². The Hall–Kier alpha value is -1.99. The smallest absolute Gasteiger partial charge is 0.317 e. The molecule has 1 atom stereocenters. The number of carbonyl (C=O) groups excluding carboxylic acids is 1. The zero-order valence-corrected chi connectivity index (χ0v) is 13.8. The molecule has 1 unspecified atom stereocenters. The summed E-state index contributed by atoms with van der Waals surface area (Å²) in [6, 6.07) is 9.63. The van der Waals surface area contributed by atoms with Gasteiger partial charge in [0.05, 0.1) is 12.6 Å². The summed E-state index contributed by atoms with van der Waals surface area (Å²) in [5.41, 5.74) is 1.02. The van der Waals surface area contributed by atoms with E-state index < -0.39 is 6.10 Å². The van der Waals surface area contributed by atoms with Gasteiger partial charge in [0.15, 0.2) is 0 Å². The Bertz CT molecular complexity index is 657. The molecule has 0 bridgehead atoms. The van der Waals surface area contributed by atoms with Crippen LogP contribution in [0.3, 0.4) is 0 Å². The molecule has 1 saturated carbocycles. The maximum Gasteiger partial charge on any atom is 0.317 e. The highest BCUT2D eigenvalue weighted by Crippen LogP contribution is 2.32. The molecule has 1 aliphatic carbocycles. The molecule has 0 spiro atoms. The second-order valence-electron chi connectivity index (χ2n) is 5.81. The van der Waals surface area contributed by atoms with Gasteiger partial charge in [-0.3, -0.25) is 0 Å². The van der Waals surface area contributed by atoms with Crippen molar-refractivity contribution in [3.63, 3.8) is 0 Å². The maximum atomic E-state index is 12.0. The minimum atomic E-state index is -0.419. The number of nitrogens with one attached hydrogen (secondary N) is 1. The van der Waals surface area contributed by atoms with E-state index in [-0.39, 0.29) is 6.03 Å². The Labute approximate surface area is 139 Å². The number of carbonyl (C=O) groups is 1. The number of aromatic nitrogens is 2. The minimum Gasteiger partial charge on any atom is -0.391 e. The summed E-state index contributed by atoms with van der Waals surface area (Å²) in [7, 11) is 1.69.